The van der Waals surface area contributed by atoms with E-state index in [1.165, 1.54) is 18.5 Å². The Morgan fingerprint density at radius 1 is 1.35 bits per heavy atom. The van der Waals surface area contributed by atoms with E-state index in [9.17, 15) is 28.2 Å². The molecule has 164 valence electrons. The van der Waals surface area contributed by atoms with Crippen molar-refractivity contribution in [1.82, 2.24) is 19.9 Å². The number of rotatable bonds is 7. The van der Waals surface area contributed by atoms with Gasteiger partial charge in [-0.25, -0.2) is 9.97 Å². The Balaban J connectivity index is 2.15. The van der Waals surface area contributed by atoms with Crippen molar-refractivity contribution in [3.8, 4) is 17.0 Å². The number of fused-ring (bicyclic) bond motifs is 1. The summed E-state index contributed by atoms with van der Waals surface area (Å²) in [6, 6.07) is 5.08. The Hall–Kier alpha value is -3.44. The van der Waals surface area contributed by atoms with Crippen LogP contribution in [0.25, 0.3) is 22.3 Å². The van der Waals surface area contributed by atoms with Gasteiger partial charge in [0.2, 0.25) is 5.91 Å². The average Bonchev–Trinajstić information content (AvgIpc) is 3.11. The summed E-state index contributed by atoms with van der Waals surface area (Å²) >= 11 is 0. The number of hydrogen-bond acceptors (Lipinski definition) is 6. The molecule has 1 aromatic carbocycles. The minimum Gasteiger partial charge on any atom is -0.406 e. The van der Waals surface area contributed by atoms with E-state index in [-0.39, 0.29) is 23.6 Å². The molecule has 0 spiro atoms. The van der Waals surface area contributed by atoms with Crippen LogP contribution in [0.3, 0.4) is 0 Å². The SMILES string of the molecule is C=CC(=O)NCc1nc(-c2ccc(OC(F)(F)F)cc2)c2ncn(C)c2c1[C@H](O)CO. The molecule has 2 heterocycles. The fraction of sp³-hybridized carbons (Fsp3) is 0.250. The van der Waals surface area contributed by atoms with Crippen LogP contribution in [0, 0.1) is 0 Å². The Morgan fingerprint density at radius 2 is 2.03 bits per heavy atom. The highest BCUT2D eigenvalue weighted by atomic mass is 19.4. The molecule has 3 aromatic rings. The molecule has 3 rings (SSSR count). The highest BCUT2D eigenvalue weighted by molar-refractivity contribution is 5.93. The maximum Gasteiger partial charge on any atom is 0.573 e. The monoisotopic (exact) mass is 436 g/mol. The van der Waals surface area contributed by atoms with Crippen LogP contribution in [-0.2, 0) is 18.4 Å². The van der Waals surface area contributed by atoms with Gasteiger partial charge in [0, 0.05) is 18.2 Å². The quantitative estimate of drug-likeness (QED) is 0.491. The summed E-state index contributed by atoms with van der Waals surface area (Å²) < 4.78 is 42.8. The number of aryl methyl sites for hydroxylation is 1. The number of pyridine rings is 1. The van der Waals surface area contributed by atoms with Crippen molar-refractivity contribution < 1.29 is 32.9 Å². The number of amides is 1. The summed E-state index contributed by atoms with van der Waals surface area (Å²) in [6.45, 7) is 2.70. The summed E-state index contributed by atoms with van der Waals surface area (Å²) in [5, 5.41) is 22.5. The molecule has 31 heavy (non-hydrogen) atoms. The Kier molecular flexibility index (Phi) is 6.27. The van der Waals surface area contributed by atoms with E-state index in [0.29, 0.717) is 22.3 Å². The summed E-state index contributed by atoms with van der Waals surface area (Å²) in [7, 11) is 1.68. The number of imidazole rings is 1. The van der Waals surface area contributed by atoms with Crippen LogP contribution in [0.15, 0.2) is 43.2 Å². The van der Waals surface area contributed by atoms with Crippen molar-refractivity contribution >= 4 is 16.9 Å². The molecule has 8 nitrogen and oxygen atoms in total. The number of nitrogens with one attached hydrogen (secondary N) is 1. The normalized spacial score (nSPS) is 12.6. The van der Waals surface area contributed by atoms with Gasteiger partial charge in [0.25, 0.3) is 0 Å². The smallest absolute Gasteiger partial charge is 0.406 e. The molecule has 2 aromatic heterocycles. The molecule has 0 unspecified atom stereocenters. The third-order valence-corrected chi connectivity index (χ3v) is 4.46. The third kappa shape index (κ3) is 4.84. The highest BCUT2D eigenvalue weighted by Gasteiger charge is 2.31. The minimum atomic E-state index is -4.81. The van der Waals surface area contributed by atoms with Gasteiger partial charge in [-0.05, 0) is 30.3 Å². The number of nitrogens with zero attached hydrogens (tertiary/aromatic N) is 3. The van der Waals surface area contributed by atoms with Crippen LogP contribution < -0.4 is 10.1 Å². The van der Waals surface area contributed by atoms with Crippen molar-refractivity contribution in [2.45, 2.75) is 19.0 Å². The molecule has 0 aliphatic carbocycles. The molecule has 1 amide bonds. The van der Waals surface area contributed by atoms with Gasteiger partial charge in [-0.1, -0.05) is 6.58 Å². The molecule has 0 bridgehead atoms. The van der Waals surface area contributed by atoms with Crippen LogP contribution in [0.2, 0.25) is 0 Å². The number of hydrogen-bond donors (Lipinski definition) is 3. The van der Waals surface area contributed by atoms with Gasteiger partial charge < -0.3 is 24.8 Å². The Bertz CT molecular complexity index is 1110. The lowest BCUT2D eigenvalue weighted by Gasteiger charge is -2.18. The average molecular weight is 436 g/mol. The molecule has 0 radical (unpaired) electrons. The van der Waals surface area contributed by atoms with Crippen molar-refractivity contribution in [1.29, 1.82) is 0 Å². The molecule has 0 aliphatic rings. The van der Waals surface area contributed by atoms with E-state index in [1.54, 1.807) is 11.6 Å². The first-order valence-corrected chi connectivity index (χ1v) is 9.03. The fourth-order valence-corrected chi connectivity index (χ4v) is 3.14. The predicted octanol–water partition coefficient (Wildman–Crippen LogP) is 2.36. The van der Waals surface area contributed by atoms with E-state index in [0.717, 1.165) is 18.2 Å². The first-order chi connectivity index (χ1) is 14.6. The van der Waals surface area contributed by atoms with Crippen LogP contribution in [0.1, 0.15) is 17.4 Å². The Labute approximate surface area is 174 Å². The van der Waals surface area contributed by atoms with E-state index in [4.69, 9.17) is 0 Å². The minimum absolute atomic E-state index is 0.0827. The standard InChI is InChI=1S/C20H19F3N4O4/c1-3-15(30)24-8-13-16(14(29)9-28)19-18(25-10-27(19)2)17(26-13)11-4-6-12(7-5-11)31-20(21,22)23/h3-7,10,14,28-29H,1,8-9H2,2H3,(H,24,30)/t14-/m1/s1. The van der Waals surface area contributed by atoms with Crippen LogP contribution >= 0.6 is 0 Å². The van der Waals surface area contributed by atoms with Crippen molar-refractivity contribution in [3.63, 3.8) is 0 Å². The second kappa shape index (κ2) is 8.74. The number of halogens is 3. The Morgan fingerprint density at radius 3 is 2.61 bits per heavy atom. The van der Waals surface area contributed by atoms with Gasteiger partial charge >= 0.3 is 6.36 Å². The largest absolute Gasteiger partial charge is 0.573 e. The molecular weight excluding hydrogens is 417 g/mol. The number of carbonyl (C=O) groups is 1. The topological polar surface area (TPSA) is 110 Å². The molecule has 11 heteroatoms. The van der Waals surface area contributed by atoms with Crippen molar-refractivity contribution in [2.75, 3.05) is 6.61 Å². The zero-order valence-corrected chi connectivity index (χ0v) is 16.3. The molecule has 0 saturated heterocycles. The second-order valence-corrected chi connectivity index (χ2v) is 6.57. The number of benzene rings is 1. The highest BCUT2D eigenvalue weighted by Crippen LogP contribution is 2.34. The summed E-state index contributed by atoms with van der Waals surface area (Å²) in [4.78, 5) is 20.4. The maximum atomic E-state index is 12.4. The van der Waals surface area contributed by atoms with E-state index in [2.05, 4.69) is 26.6 Å². The lowest BCUT2D eigenvalue weighted by molar-refractivity contribution is -0.274. The number of aliphatic hydroxyl groups is 2. The van der Waals surface area contributed by atoms with E-state index < -0.39 is 25.0 Å². The molecular formula is C20H19F3N4O4. The van der Waals surface area contributed by atoms with E-state index >= 15 is 0 Å². The van der Waals surface area contributed by atoms with Crippen LogP contribution in [-0.4, -0.2) is 43.6 Å². The van der Waals surface area contributed by atoms with Gasteiger partial charge in [0.1, 0.15) is 17.4 Å². The molecule has 0 aliphatic heterocycles. The van der Waals surface area contributed by atoms with E-state index in [1.807, 2.05) is 0 Å². The third-order valence-electron chi connectivity index (χ3n) is 4.46. The maximum absolute atomic E-state index is 12.4. The lowest BCUT2D eigenvalue weighted by atomic mass is 10.0. The number of alkyl halides is 3. The van der Waals surface area contributed by atoms with Crippen molar-refractivity contribution in [2.24, 2.45) is 7.05 Å². The number of ether oxygens (including phenoxy) is 1. The zero-order chi connectivity index (χ0) is 22.8. The number of aromatic nitrogens is 3. The van der Waals surface area contributed by atoms with Crippen molar-refractivity contribution in [3.05, 3.63) is 54.5 Å². The summed E-state index contributed by atoms with van der Waals surface area (Å²) in [6.07, 6.45) is -3.55. The first-order valence-electron chi connectivity index (χ1n) is 9.03. The predicted molar refractivity (Wildman–Crippen MR) is 105 cm³/mol. The second-order valence-electron chi connectivity index (χ2n) is 6.57. The zero-order valence-electron chi connectivity index (χ0n) is 16.3. The number of aliphatic hydroxyl groups excluding tert-OH is 2. The molecule has 1 atom stereocenters. The molecule has 3 N–H and O–H groups in total. The first kappa shape index (κ1) is 22.2. The number of carbonyl (C=O) groups excluding carboxylic acids is 1. The lowest BCUT2D eigenvalue weighted by Crippen LogP contribution is -2.23. The summed E-state index contributed by atoms with van der Waals surface area (Å²) in [5.41, 5.74) is 2.14. The van der Waals surface area contributed by atoms with Gasteiger partial charge in [0.15, 0.2) is 0 Å². The van der Waals surface area contributed by atoms with Crippen LogP contribution in [0.5, 0.6) is 5.75 Å². The molecule has 0 saturated carbocycles. The van der Waals surface area contributed by atoms with Crippen LogP contribution in [0.4, 0.5) is 13.2 Å². The van der Waals surface area contributed by atoms with Gasteiger partial charge in [-0.2, -0.15) is 0 Å². The van der Waals surface area contributed by atoms with Gasteiger partial charge in [-0.3, -0.25) is 4.79 Å². The van der Waals surface area contributed by atoms with Gasteiger partial charge in [-0.15, -0.1) is 13.2 Å². The molecule has 0 fully saturated rings. The van der Waals surface area contributed by atoms with Gasteiger partial charge in [0.05, 0.1) is 36.4 Å². The fourth-order valence-electron chi connectivity index (χ4n) is 3.14. The summed E-state index contributed by atoms with van der Waals surface area (Å²) in [5.74, 6) is -0.856.